The van der Waals surface area contributed by atoms with Gasteiger partial charge >= 0.3 is 0 Å². The van der Waals surface area contributed by atoms with Gasteiger partial charge in [-0.25, -0.2) is 9.97 Å². The summed E-state index contributed by atoms with van der Waals surface area (Å²) in [6.45, 7) is 5.16. The van der Waals surface area contributed by atoms with E-state index in [1.54, 1.807) is 12.4 Å². The zero-order chi connectivity index (χ0) is 18.5. The highest BCUT2D eigenvalue weighted by Crippen LogP contribution is 2.30. The molecule has 1 aromatic carbocycles. The first-order chi connectivity index (χ1) is 13.3. The molecule has 27 heavy (non-hydrogen) atoms. The van der Waals surface area contributed by atoms with E-state index in [2.05, 4.69) is 30.8 Å². The van der Waals surface area contributed by atoms with Crippen LogP contribution in [0.4, 0.5) is 5.95 Å². The van der Waals surface area contributed by atoms with Gasteiger partial charge in [0.05, 0.1) is 0 Å². The Morgan fingerprint density at radius 1 is 1.04 bits per heavy atom. The lowest BCUT2D eigenvalue weighted by Gasteiger charge is -2.35. The molecule has 0 radical (unpaired) electrons. The molecule has 0 unspecified atom stereocenters. The Bertz CT molecular complexity index is 790. The fraction of sp³-hybridized carbons (Fsp3) is 0.421. The maximum atomic E-state index is 6.19. The molecule has 2 aromatic rings. The Labute approximate surface area is 158 Å². The first kappa shape index (κ1) is 17.4. The number of ether oxygens (including phenoxy) is 2. The third-order valence-corrected chi connectivity index (χ3v) is 4.72. The number of guanidine groups is 1. The topological polar surface area (TPSA) is 89.1 Å². The van der Waals surface area contributed by atoms with Crippen molar-refractivity contribution < 1.29 is 9.47 Å². The van der Waals surface area contributed by atoms with Gasteiger partial charge in [-0.2, -0.15) is 0 Å². The number of nitrogens with zero attached hydrogens (tertiary/aromatic N) is 5. The zero-order valence-electron chi connectivity index (χ0n) is 15.3. The summed E-state index contributed by atoms with van der Waals surface area (Å²) in [4.78, 5) is 17.4. The highest BCUT2D eigenvalue weighted by Gasteiger charge is 2.19. The predicted octanol–water partition coefficient (Wildman–Crippen LogP) is 0.927. The number of rotatable bonds is 4. The Morgan fingerprint density at radius 2 is 1.78 bits per heavy atom. The molecule has 3 heterocycles. The molecule has 0 atom stereocenters. The second-order valence-electron chi connectivity index (χ2n) is 6.49. The van der Waals surface area contributed by atoms with E-state index in [0.717, 1.165) is 50.0 Å². The number of anilines is 1. The average molecular weight is 368 g/mol. The monoisotopic (exact) mass is 368 g/mol. The molecule has 0 bridgehead atoms. The van der Waals surface area contributed by atoms with Crippen LogP contribution in [0.3, 0.4) is 0 Å². The van der Waals surface area contributed by atoms with E-state index in [1.165, 1.54) is 5.56 Å². The summed E-state index contributed by atoms with van der Waals surface area (Å²) in [5.41, 5.74) is 7.36. The van der Waals surface area contributed by atoms with E-state index in [0.29, 0.717) is 25.7 Å². The molecule has 0 amide bonds. The van der Waals surface area contributed by atoms with Gasteiger partial charge in [0.25, 0.3) is 0 Å². The highest BCUT2D eigenvalue weighted by molar-refractivity contribution is 5.78. The number of nitrogens with two attached hydrogens (primary N) is 1. The number of aromatic nitrogens is 2. The van der Waals surface area contributed by atoms with Crippen molar-refractivity contribution in [1.82, 2.24) is 14.9 Å². The van der Waals surface area contributed by atoms with Crippen LogP contribution >= 0.6 is 0 Å². The van der Waals surface area contributed by atoms with Crippen molar-refractivity contribution in [3.8, 4) is 11.5 Å². The standard InChI is InChI=1S/C19H24N6O2/c20-18(24-8-10-25(11-9-24)19-22-5-1-6-23-19)21-7-4-15-2-3-16-17(14-15)27-13-12-26-16/h1-3,5-6,14H,4,7-13H2,(H2,20,21). The van der Waals surface area contributed by atoms with Crippen LogP contribution in [0.1, 0.15) is 5.56 Å². The minimum Gasteiger partial charge on any atom is -0.486 e. The second kappa shape index (κ2) is 8.11. The van der Waals surface area contributed by atoms with Gasteiger partial charge in [0.2, 0.25) is 5.95 Å². The SMILES string of the molecule is NC(=NCCc1ccc2c(c1)OCCO2)N1CCN(c2ncccn2)CC1. The van der Waals surface area contributed by atoms with Gasteiger partial charge in [0, 0.05) is 45.1 Å². The Balaban J connectivity index is 1.27. The number of hydrogen-bond acceptors (Lipinski definition) is 6. The fourth-order valence-corrected chi connectivity index (χ4v) is 3.23. The molecule has 142 valence electrons. The number of hydrogen-bond donors (Lipinski definition) is 1. The first-order valence-electron chi connectivity index (χ1n) is 9.25. The quantitative estimate of drug-likeness (QED) is 0.634. The Hall–Kier alpha value is -3.03. The molecule has 0 saturated carbocycles. The smallest absolute Gasteiger partial charge is 0.225 e. The normalized spacial score (nSPS) is 17.1. The number of piperazine rings is 1. The van der Waals surface area contributed by atoms with E-state index < -0.39 is 0 Å². The lowest BCUT2D eigenvalue weighted by atomic mass is 10.1. The lowest BCUT2D eigenvalue weighted by molar-refractivity contribution is 0.171. The molecule has 0 aliphatic carbocycles. The molecule has 2 N–H and O–H groups in total. The van der Waals surface area contributed by atoms with Gasteiger partial charge in [-0.3, -0.25) is 4.99 Å². The van der Waals surface area contributed by atoms with Crippen molar-refractivity contribution in [3.05, 3.63) is 42.2 Å². The van der Waals surface area contributed by atoms with E-state index in [-0.39, 0.29) is 0 Å². The minimum absolute atomic E-state index is 0.598. The molecular formula is C19H24N6O2. The van der Waals surface area contributed by atoms with Crippen LogP contribution in [0, 0.1) is 0 Å². The summed E-state index contributed by atoms with van der Waals surface area (Å²) in [6.07, 6.45) is 4.35. The van der Waals surface area contributed by atoms with E-state index in [9.17, 15) is 0 Å². The molecule has 0 spiro atoms. The molecule has 1 saturated heterocycles. The summed E-state index contributed by atoms with van der Waals surface area (Å²) >= 11 is 0. The van der Waals surface area contributed by atoms with Crippen molar-refractivity contribution in [2.45, 2.75) is 6.42 Å². The minimum atomic E-state index is 0.598. The summed E-state index contributed by atoms with van der Waals surface area (Å²) in [7, 11) is 0. The fourth-order valence-electron chi connectivity index (χ4n) is 3.23. The van der Waals surface area contributed by atoms with Gasteiger partial charge in [-0.15, -0.1) is 0 Å². The summed E-state index contributed by atoms with van der Waals surface area (Å²) in [5.74, 6) is 3.00. The zero-order valence-corrected chi connectivity index (χ0v) is 15.3. The number of benzene rings is 1. The van der Waals surface area contributed by atoms with Gasteiger partial charge in [-0.1, -0.05) is 6.07 Å². The Morgan fingerprint density at radius 3 is 2.56 bits per heavy atom. The number of aliphatic imine (C=N–C) groups is 1. The molecule has 2 aliphatic heterocycles. The van der Waals surface area contributed by atoms with E-state index >= 15 is 0 Å². The van der Waals surface area contributed by atoms with Crippen LogP contribution in [0.2, 0.25) is 0 Å². The largest absolute Gasteiger partial charge is 0.486 e. The van der Waals surface area contributed by atoms with Crippen LogP contribution in [-0.2, 0) is 6.42 Å². The van der Waals surface area contributed by atoms with Crippen LogP contribution in [0.5, 0.6) is 11.5 Å². The summed E-state index contributed by atoms with van der Waals surface area (Å²) < 4.78 is 11.2. The van der Waals surface area contributed by atoms with Crippen molar-refractivity contribution in [3.63, 3.8) is 0 Å². The van der Waals surface area contributed by atoms with Crippen molar-refractivity contribution in [1.29, 1.82) is 0 Å². The second-order valence-corrected chi connectivity index (χ2v) is 6.49. The predicted molar refractivity (Wildman–Crippen MR) is 103 cm³/mol. The maximum Gasteiger partial charge on any atom is 0.225 e. The number of fused-ring (bicyclic) bond motifs is 1. The van der Waals surface area contributed by atoms with Gasteiger partial charge in [-0.05, 0) is 30.2 Å². The van der Waals surface area contributed by atoms with Crippen molar-refractivity contribution in [2.75, 3.05) is 50.8 Å². The molecule has 8 nitrogen and oxygen atoms in total. The van der Waals surface area contributed by atoms with Gasteiger partial charge in [0.15, 0.2) is 17.5 Å². The first-order valence-corrected chi connectivity index (χ1v) is 9.25. The maximum absolute atomic E-state index is 6.19. The van der Waals surface area contributed by atoms with Crippen LogP contribution in [-0.4, -0.2) is 66.8 Å². The van der Waals surface area contributed by atoms with Gasteiger partial charge in [0.1, 0.15) is 13.2 Å². The average Bonchev–Trinajstić information content (AvgIpc) is 2.74. The van der Waals surface area contributed by atoms with Crippen LogP contribution < -0.4 is 20.1 Å². The van der Waals surface area contributed by atoms with E-state index in [4.69, 9.17) is 15.2 Å². The highest BCUT2D eigenvalue weighted by atomic mass is 16.6. The summed E-state index contributed by atoms with van der Waals surface area (Å²) in [6, 6.07) is 7.87. The van der Waals surface area contributed by atoms with Crippen molar-refractivity contribution in [2.24, 2.45) is 10.7 Å². The lowest BCUT2D eigenvalue weighted by Crippen LogP contribution is -2.51. The molecule has 1 fully saturated rings. The molecule has 2 aliphatic rings. The van der Waals surface area contributed by atoms with Gasteiger partial charge < -0.3 is 25.0 Å². The van der Waals surface area contributed by atoms with Crippen molar-refractivity contribution >= 4 is 11.9 Å². The molecule has 4 rings (SSSR count). The Kier molecular flexibility index (Phi) is 5.22. The third kappa shape index (κ3) is 4.21. The molecular weight excluding hydrogens is 344 g/mol. The van der Waals surface area contributed by atoms with E-state index in [1.807, 2.05) is 18.2 Å². The summed E-state index contributed by atoms with van der Waals surface area (Å²) in [5, 5.41) is 0. The van der Waals surface area contributed by atoms with Crippen LogP contribution in [0.15, 0.2) is 41.7 Å². The molecule has 1 aromatic heterocycles. The molecule has 8 heteroatoms. The third-order valence-electron chi connectivity index (χ3n) is 4.72. The van der Waals surface area contributed by atoms with Crippen LogP contribution in [0.25, 0.3) is 0 Å².